The van der Waals surface area contributed by atoms with Gasteiger partial charge in [-0.3, -0.25) is 4.79 Å². The topological polar surface area (TPSA) is 55.8 Å². The fourth-order valence-electron chi connectivity index (χ4n) is 4.37. The number of phenolic OH excluding ortho intramolecular Hbond substituents is 1. The predicted octanol–water partition coefficient (Wildman–Crippen LogP) is 2.62. The first-order valence-electron chi connectivity index (χ1n) is 10.4. The second-order valence-corrected chi connectivity index (χ2v) is 8.83. The molecule has 1 amide bonds. The number of carbonyl (C=O) groups is 1. The zero-order chi connectivity index (χ0) is 19.6. The van der Waals surface area contributed by atoms with Gasteiger partial charge in [-0.2, -0.15) is 0 Å². The predicted molar refractivity (Wildman–Crippen MR) is 109 cm³/mol. The Balaban J connectivity index is 1.64. The zero-order valence-electron chi connectivity index (χ0n) is 17.2. The molecule has 0 saturated carbocycles. The molecule has 2 atom stereocenters. The van der Waals surface area contributed by atoms with E-state index < -0.39 is 0 Å². The Kier molecular flexibility index (Phi) is 6.43. The van der Waals surface area contributed by atoms with Gasteiger partial charge in [0.15, 0.2) is 0 Å². The molecule has 0 aromatic heterocycles. The van der Waals surface area contributed by atoms with E-state index in [2.05, 4.69) is 31.0 Å². The fraction of sp³-hybridized carbons (Fsp3) is 0.682. The molecule has 0 spiro atoms. The molecule has 2 aliphatic rings. The first-order chi connectivity index (χ1) is 12.8. The minimum atomic E-state index is -0.185. The van der Waals surface area contributed by atoms with Crippen LogP contribution in [-0.2, 0) is 17.8 Å². The maximum absolute atomic E-state index is 13.2. The van der Waals surface area contributed by atoms with Gasteiger partial charge < -0.3 is 20.2 Å². The third-order valence-electron chi connectivity index (χ3n) is 6.39. The molecule has 5 nitrogen and oxygen atoms in total. The summed E-state index contributed by atoms with van der Waals surface area (Å²) in [6.07, 6.45) is 3.21. The van der Waals surface area contributed by atoms with E-state index in [4.69, 9.17) is 0 Å². The zero-order valence-corrected chi connectivity index (χ0v) is 17.2. The van der Waals surface area contributed by atoms with Crippen LogP contribution in [0.5, 0.6) is 5.75 Å². The molecule has 150 valence electrons. The van der Waals surface area contributed by atoms with Gasteiger partial charge in [0.05, 0.1) is 6.04 Å². The highest BCUT2D eigenvalue weighted by atomic mass is 16.3. The van der Waals surface area contributed by atoms with E-state index in [9.17, 15) is 9.90 Å². The number of amides is 1. The van der Waals surface area contributed by atoms with Crippen molar-refractivity contribution in [3.63, 3.8) is 0 Å². The van der Waals surface area contributed by atoms with Gasteiger partial charge in [0, 0.05) is 26.2 Å². The van der Waals surface area contributed by atoms with Crippen molar-refractivity contribution in [2.24, 2.45) is 11.8 Å². The van der Waals surface area contributed by atoms with Crippen molar-refractivity contribution in [1.82, 2.24) is 15.1 Å². The molecule has 1 fully saturated rings. The maximum atomic E-state index is 13.2. The second kappa shape index (κ2) is 8.61. The molecule has 0 unspecified atom stereocenters. The Bertz CT molecular complexity index is 653. The number of rotatable bonds is 5. The molecule has 2 heterocycles. The number of nitrogens with one attached hydrogen (secondary N) is 1. The normalized spacial score (nSPS) is 22.5. The summed E-state index contributed by atoms with van der Waals surface area (Å²) in [6.45, 7) is 10.6. The van der Waals surface area contributed by atoms with Crippen molar-refractivity contribution in [3.05, 3.63) is 29.3 Å². The number of likely N-dealkylation sites (N-methyl/N-ethyl adjacent to an activating group) is 1. The summed E-state index contributed by atoms with van der Waals surface area (Å²) in [7, 11) is 1.97. The number of likely N-dealkylation sites (tertiary alicyclic amines) is 1. The highest BCUT2D eigenvalue weighted by Crippen LogP contribution is 2.24. The molecule has 0 radical (unpaired) electrons. The summed E-state index contributed by atoms with van der Waals surface area (Å²) >= 11 is 0. The van der Waals surface area contributed by atoms with Crippen LogP contribution in [0.2, 0.25) is 0 Å². The average molecular weight is 374 g/mol. The quantitative estimate of drug-likeness (QED) is 0.833. The van der Waals surface area contributed by atoms with Crippen molar-refractivity contribution in [1.29, 1.82) is 0 Å². The Hall–Kier alpha value is -1.59. The number of piperidine rings is 1. The van der Waals surface area contributed by atoms with E-state index in [1.54, 1.807) is 12.1 Å². The van der Waals surface area contributed by atoms with E-state index in [0.29, 0.717) is 18.9 Å². The van der Waals surface area contributed by atoms with Crippen molar-refractivity contribution < 1.29 is 9.90 Å². The summed E-state index contributed by atoms with van der Waals surface area (Å²) in [4.78, 5) is 17.7. The maximum Gasteiger partial charge on any atom is 0.240 e. The lowest BCUT2D eigenvalue weighted by atomic mass is 9.93. The molecule has 0 aliphatic carbocycles. The number of aromatic hydroxyl groups is 1. The number of benzene rings is 1. The molecule has 2 aliphatic heterocycles. The van der Waals surface area contributed by atoms with Crippen LogP contribution in [0.1, 0.15) is 44.7 Å². The van der Waals surface area contributed by atoms with Crippen LogP contribution in [0, 0.1) is 11.8 Å². The Morgan fingerprint density at radius 2 is 2.00 bits per heavy atom. The summed E-state index contributed by atoms with van der Waals surface area (Å²) in [5.41, 5.74) is 2.24. The molecule has 27 heavy (non-hydrogen) atoms. The minimum Gasteiger partial charge on any atom is -0.508 e. The summed E-state index contributed by atoms with van der Waals surface area (Å²) < 4.78 is 0. The number of fused-ring (bicyclic) bond motifs is 1. The number of nitrogens with zero attached hydrogens (tertiary/aromatic N) is 2. The van der Waals surface area contributed by atoms with Gasteiger partial charge >= 0.3 is 0 Å². The smallest absolute Gasteiger partial charge is 0.240 e. The fourth-order valence-corrected chi connectivity index (χ4v) is 4.37. The van der Waals surface area contributed by atoms with Crippen molar-refractivity contribution in [3.8, 4) is 5.75 Å². The molecular weight excluding hydrogens is 338 g/mol. The number of hydrogen-bond acceptors (Lipinski definition) is 4. The third kappa shape index (κ3) is 4.82. The Morgan fingerprint density at radius 3 is 2.67 bits per heavy atom. The van der Waals surface area contributed by atoms with Crippen LogP contribution in [0.25, 0.3) is 0 Å². The van der Waals surface area contributed by atoms with Gasteiger partial charge in [-0.1, -0.05) is 26.8 Å². The van der Waals surface area contributed by atoms with Crippen LogP contribution in [-0.4, -0.2) is 59.6 Å². The Labute approximate surface area is 163 Å². The van der Waals surface area contributed by atoms with Crippen LogP contribution >= 0.6 is 0 Å². The van der Waals surface area contributed by atoms with Gasteiger partial charge in [-0.25, -0.2) is 0 Å². The van der Waals surface area contributed by atoms with E-state index in [1.165, 1.54) is 12.8 Å². The molecule has 1 saturated heterocycles. The van der Waals surface area contributed by atoms with Gasteiger partial charge in [0.25, 0.3) is 0 Å². The van der Waals surface area contributed by atoms with E-state index in [0.717, 1.165) is 36.7 Å². The molecular formula is C22H35N3O2. The largest absolute Gasteiger partial charge is 0.508 e. The summed E-state index contributed by atoms with van der Waals surface area (Å²) in [5, 5.41) is 13.0. The van der Waals surface area contributed by atoms with Crippen molar-refractivity contribution in [2.75, 3.05) is 26.7 Å². The van der Waals surface area contributed by atoms with Gasteiger partial charge in [0.2, 0.25) is 5.91 Å². The number of phenols is 1. The highest BCUT2D eigenvalue weighted by Gasteiger charge is 2.32. The third-order valence-corrected chi connectivity index (χ3v) is 6.39. The standard InChI is InChI=1S/C22H35N3O2/c1-15(2)21(14-25-9-7-16(3)8-10-25)24(4)22(27)20-12-17-5-6-19(26)11-18(17)13-23-20/h5-6,11,15-16,20-21,23,26H,7-10,12-14H2,1-4H3/t20-,21-/m1/s1. The SMILES string of the molecule is CC1CCN(C[C@H](C(C)C)N(C)C(=O)[C@H]2Cc3ccc(O)cc3CN2)CC1. The monoisotopic (exact) mass is 373 g/mol. The van der Waals surface area contributed by atoms with Gasteiger partial charge in [-0.05, 0) is 67.4 Å². The first-order valence-corrected chi connectivity index (χ1v) is 10.4. The average Bonchev–Trinajstić information content (AvgIpc) is 2.65. The van der Waals surface area contributed by atoms with Crippen molar-refractivity contribution >= 4 is 5.91 Å². The first kappa shape index (κ1) is 20.2. The molecule has 3 rings (SSSR count). The molecule has 2 N–H and O–H groups in total. The van der Waals surface area contributed by atoms with Crippen LogP contribution < -0.4 is 5.32 Å². The molecule has 1 aromatic carbocycles. The number of carbonyl (C=O) groups excluding carboxylic acids is 1. The van der Waals surface area contributed by atoms with E-state index in [-0.39, 0.29) is 23.7 Å². The lowest BCUT2D eigenvalue weighted by Gasteiger charge is -2.40. The van der Waals surface area contributed by atoms with Crippen LogP contribution in [0.3, 0.4) is 0 Å². The molecule has 0 bridgehead atoms. The van der Waals surface area contributed by atoms with E-state index >= 15 is 0 Å². The molecule has 5 heteroatoms. The van der Waals surface area contributed by atoms with E-state index in [1.807, 2.05) is 18.0 Å². The second-order valence-electron chi connectivity index (χ2n) is 8.83. The summed E-state index contributed by atoms with van der Waals surface area (Å²) in [6, 6.07) is 5.49. The van der Waals surface area contributed by atoms with Crippen LogP contribution in [0.4, 0.5) is 0 Å². The highest BCUT2D eigenvalue weighted by molar-refractivity contribution is 5.82. The molecule has 1 aromatic rings. The number of hydrogen-bond donors (Lipinski definition) is 2. The summed E-state index contributed by atoms with van der Waals surface area (Å²) in [5.74, 6) is 1.71. The van der Waals surface area contributed by atoms with Gasteiger partial charge in [-0.15, -0.1) is 0 Å². The lowest BCUT2D eigenvalue weighted by molar-refractivity contribution is -0.135. The van der Waals surface area contributed by atoms with Crippen LogP contribution in [0.15, 0.2) is 18.2 Å². The lowest BCUT2D eigenvalue weighted by Crippen LogP contribution is -2.55. The Morgan fingerprint density at radius 1 is 1.30 bits per heavy atom. The van der Waals surface area contributed by atoms with Gasteiger partial charge in [0.1, 0.15) is 5.75 Å². The minimum absolute atomic E-state index is 0.179. The van der Waals surface area contributed by atoms with Crippen molar-refractivity contribution in [2.45, 2.75) is 58.7 Å².